The Morgan fingerprint density at radius 2 is 2.23 bits per heavy atom. The number of nitrogens with zero attached hydrogens (tertiary/aromatic N) is 1. The van der Waals surface area contributed by atoms with Crippen molar-refractivity contribution in [1.82, 2.24) is 5.01 Å². The van der Waals surface area contributed by atoms with Crippen molar-refractivity contribution in [3.8, 4) is 0 Å². The fourth-order valence-electron chi connectivity index (χ4n) is 2.24. The third-order valence-corrected chi connectivity index (χ3v) is 3.03. The molecule has 2 N–H and O–H groups in total. The third kappa shape index (κ3) is 1.94. The van der Waals surface area contributed by atoms with E-state index in [2.05, 4.69) is 18.2 Å². The zero-order valence-corrected chi connectivity index (χ0v) is 8.08. The van der Waals surface area contributed by atoms with Crippen LogP contribution < -0.4 is 5.84 Å². The molecule has 1 fully saturated rings. The molecule has 0 aromatic carbocycles. The van der Waals surface area contributed by atoms with Gasteiger partial charge in [0.1, 0.15) is 0 Å². The van der Waals surface area contributed by atoms with Crippen molar-refractivity contribution in [2.75, 3.05) is 6.54 Å². The number of nitrogens with two attached hydrogens (primary N) is 1. The molecule has 0 saturated carbocycles. The van der Waals surface area contributed by atoms with Crippen LogP contribution in [0.5, 0.6) is 0 Å². The molecule has 0 amide bonds. The number of hydrogen-bond donors (Lipinski definition) is 1. The predicted molar refractivity (Wildman–Crippen MR) is 54.7 cm³/mol. The molecule has 1 saturated heterocycles. The van der Waals surface area contributed by atoms with Gasteiger partial charge in [-0.2, -0.15) is 0 Å². The zero-order valence-electron chi connectivity index (χ0n) is 8.08. The molecule has 0 aromatic heterocycles. The summed E-state index contributed by atoms with van der Waals surface area (Å²) in [5.74, 6) is 6.68. The molecular weight excluding hydrogens is 160 g/mol. The van der Waals surface area contributed by atoms with Crippen molar-refractivity contribution in [2.45, 2.75) is 32.1 Å². The Balaban J connectivity index is 2.13. The van der Waals surface area contributed by atoms with Crippen LogP contribution in [0.25, 0.3) is 0 Å². The maximum absolute atomic E-state index is 5.99. The van der Waals surface area contributed by atoms with E-state index >= 15 is 0 Å². The van der Waals surface area contributed by atoms with Crippen LogP contribution in [0.2, 0.25) is 0 Å². The molecule has 13 heavy (non-hydrogen) atoms. The Bertz CT molecular complexity index is 230. The third-order valence-electron chi connectivity index (χ3n) is 3.03. The minimum absolute atomic E-state index is 0.690. The van der Waals surface area contributed by atoms with Crippen LogP contribution in [0.15, 0.2) is 23.9 Å². The summed E-state index contributed by atoms with van der Waals surface area (Å²) >= 11 is 0. The van der Waals surface area contributed by atoms with Crippen LogP contribution in [0.3, 0.4) is 0 Å². The van der Waals surface area contributed by atoms with E-state index in [1.54, 1.807) is 0 Å². The molecule has 2 nitrogen and oxygen atoms in total. The first-order valence-corrected chi connectivity index (χ1v) is 5.27. The summed E-state index contributed by atoms with van der Waals surface area (Å²) in [4.78, 5) is 0. The predicted octanol–water partition coefficient (Wildman–Crippen LogP) is 2.20. The van der Waals surface area contributed by atoms with Crippen molar-refractivity contribution in [1.29, 1.82) is 0 Å². The standard InChI is InChI=1S/C11H18N2/c12-13-9-5-1-2-6-10-7-3-4-8-11(10)13/h3-4,8,10H,1-2,5-7,9,12H2. The Labute approximate surface area is 80.1 Å². The molecule has 1 aliphatic heterocycles. The average Bonchev–Trinajstić information content (AvgIpc) is 2.14. The summed E-state index contributed by atoms with van der Waals surface area (Å²) in [6.45, 7) is 1.02. The van der Waals surface area contributed by atoms with Crippen LogP contribution in [0.1, 0.15) is 32.1 Å². The van der Waals surface area contributed by atoms with E-state index in [4.69, 9.17) is 5.84 Å². The molecule has 1 aliphatic carbocycles. The average molecular weight is 178 g/mol. The quantitative estimate of drug-likeness (QED) is 0.576. The summed E-state index contributed by atoms with van der Waals surface area (Å²) in [5, 5.41) is 1.95. The van der Waals surface area contributed by atoms with Gasteiger partial charge in [-0.1, -0.05) is 25.0 Å². The van der Waals surface area contributed by atoms with Gasteiger partial charge in [0.25, 0.3) is 0 Å². The zero-order chi connectivity index (χ0) is 9.10. The van der Waals surface area contributed by atoms with Crippen molar-refractivity contribution < 1.29 is 0 Å². The Morgan fingerprint density at radius 1 is 1.31 bits per heavy atom. The number of fused-ring (bicyclic) bond motifs is 1. The summed E-state index contributed by atoms with van der Waals surface area (Å²) < 4.78 is 0. The number of hydrogen-bond acceptors (Lipinski definition) is 2. The Kier molecular flexibility index (Phi) is 2.69. The van der Waals surface area contributed by atoms with E-state index < -0.39 is 0 Å². The van der Waals surface area contributed by atoms with E-state index in [1.807, 2.05) is 5.01 Å². The molecule has 0 radical (unpaired) electrons. The lowest BCUT2D eigenvalue weighted by Crippen LogP contribution is -2.36. The molecule has 2 aliphatic rings. The molecule has 2 rings (SSSR count). The minimum atomic E-state index is 0.690. The molecule has 1 heterocycles. The molecular formula is C11H18N2. The summed E-state index contributed by atoms with van der Waals surface area (Å²) in [7, 11) is 0. The first kappa shape index (κ1) is 8.82. The first-order chi connectivity index (χ1) is 6.38. The topological polar surface area (TPSA) is 29.3 Å². The van der Waals surface area contributed by atoms with Crippen LogP contribution in [-0.4, -0.2) is 11.6 Å². The van der Waals surface area contributed by atoms with E-state index in [9.17, 15) is 0 Å². The Hall–Kier alpha value is -0.760. The van der Waals surface area contributed by atoms with E-state index in [0.29, 0.717) is 5.92 Å². The van der Waals surface area contributed by atoms with Crippen LogP contribution in [-0.2, 0) is 0 Å². The first-order valence-electron chi connectivity index (χ1n) is 5.27. The summed E-state index contributed by atoms with van der Waals surface area (Å²) in [6, 6.07) is 0. The van der Waals surface area contributed by atoms with Gasteiger partial charge < -0.3 is 5.01 Å². The number of rotatable bonds is 0. The number of hydrazine groups is 1. The summed E-state index contributed by atoms with van der Waals surface area (Å²) in [5.41, 5.74) is 1.35. The van der Waals surface area contributed by atoms with Crippen LogP contribution >= 0.6 is 0 Å². The van der Waals surface area contributed by atoms with E-state index in [-0.39, 0.29) is 0 Å². The van der Waals surface area contributed by atoms with Gasteiger partial charge in [-0.25, -0.2) is 5.84 Å². The van der Waals surface area contributed by atoms with Crippen molar-refractivity contribution in [3.63, 3.8) is 0 Å². The van der Waals surface area contributed by atoms with Gasteiger partial charge in [0, 0.05) is 18.2 Å². The largest absolute Gasteiger partial charge is 0.315 e. The highest BCUT2D eigenvalue weighted by atomic mass is 15.4. The molecule has 1 unspecified atom stereocenters. The summed E-state index contributed by atoms with van der Waals surface area (Å²) in [6.07, 6.45) is 13.0. The molecule has 0 bridgehead atoms. The van der Waals surface area contributed by atoms with E-state index in [0.717, 1.165) is 6.54 Å². The van der Waals surface area contributed by atoms with Crippen molar-refractivity contribution in [2.24, 2.45) is 11.8 Å². The van der Waals surface area contributed by atoms with Crippen molar-refractivity contribution in [3.05, 3.63) is 23.9 Å². The van der Waals surface area contributed by atoms with Gasteiger partial charge in [-0.15, -0.1) is 0 Å². The van der Waals surface area contributed by atoms with Gasteiger partial charge >= 0.3 is 0 Å². The SMILES string of the molecule is NN1CCCCCC2CC=CC=C21. The van der Waals surface area contributed by atoms with Gasteiger partial charge in [-0.3, -0.25) is 0 Å². The monoisotopic (exact) mass is 178 g/mol. The molecule has 0 aromatic rings. The normalized spacial score (nSPS) is 28.8. The van der Waals surface area contributed by atoms with Gasteiger partial charge in [0.2, 0.25) is 0 Å². The lowest BCUT2D eigenvalue weighted by Gasteiger charge is -2.32. The highest BCUT2D eigenvalue weighted by Gasteiger charge is 2.20. The minimum Gasteiger partial charge on any atom is -0.315 e. The van der Waals surface area contributed by atoms with Gasteiger partial charge in [0.05, 0.1) is 0 Å². The number of allylic oxidation sites excluding steroid dienone is 4. The second kappa shape index (κ2) is 3.97. The molecule has 0 spiro atoms. The highest BCUT2D eigenvalue weighted by Crippen LogP contribution is 2.29. The maximum Gasteiger partial charge on any atom is 0.0338 e. The highest BCUT2D eigenvalue weighted by molar-refractivity contribution is 5.19. The Morgan fingerprint density at radius 3 is 3.15 bits per heavy atom. The van der Waals surface area contributed by atoms with Crippen molar-refractivity contribution >= 4 is 0 Å². The second-order valence-electron chi connectivity index (χ2n) is 4.00. The second-order valence-corrected chi connectivity index (χ2v) is 4.00. The lowest BCUT2D eigenvalue weighted by atomic mass is 9.89. The van der Waals surface area contributed by atoms with Gasteiger partial charge in [-0.05, 0) is 25.3 Å². The maximum atomic E-state index is 5.99. The fraction of sp³-hybridized carbons (Fsp3) is 0.636. The van der Waals surface area contributed by atoms with Crippen LogP contribution in [0.4, 0.5) is 0 Å². The molecule has 72 valence electrons. The molecule has 1 atom stereocenters. The lowest BCUT2D eigenvalue weighted by molar-refractivity contribution is 0.271. The molecule has 2 heteroatoms. The van der Waals surface area contributed by atoms with Gasteiger partial charge in [0.15, 0.2) is 0 Å². The van der Waals surface area contributed by atoms with Crippen LogP contribution in [0, 0.1) is 5.92 Å². The van der Waals surface area contributed by atoms with E-state index in [1.165, 1.54) is 37.8 Å². The smallest absolute Gasteiger partial charge is 0.0338 e. The fourth-order valence-corrected chi connectivity index (χ4v) is 2.24.